The molecule has 9 heavy (non-hydrogen) atoms. The molecular weight excluding hydrogens is 225 g/mol. The van der Waals surface area contributed by atoms with E-state index in [9.17, 15) is 0 Å². The van der Waals surface area contributed by atoms with Crippen molar-refractivity contribution in [2.75, 3.05) is 0 Å². The lowest BCUT2D eigenvalue weighted by Gasteiger charge is -1.88. The van der Waals surface area contributed by atoms with E-state index in [1.807, 2.05) is 0 Å². The molecule has 0 aliphatic heterocycles. The Morgan fingerprint density at radius 1 is 1.67 bits per heavy atom. The summed E-state index contributed by atoms with van der Waals surface area (Å²) in [6, 6.07) is 1.73. The number of pyridine rings is 1. The first-order valence-electron chi connectivity index (χ1n) is 2.06. The lowest BCUT2D eigenvalue weighted by Crippen LogP contribution is -1.69. The molecule has 1 aromatic heterocycles. The zero-order chi connectivity index (χ0) is 5.98. The lowest BCUT2D eigenvalue weighted by molar-refractivity contribution is 1.31. The minimum absolute atomic E-state index is 0. The molecule has 0 aromatic carbocycles. The zero-order valence-electron chi connectivity index (χ0n) is 4.34. The quantitative estimate of drug-likeness (QED) is 0.668. The van der Waals surface area contributed by atoms with Crippen molar-refractivity contribution in [3.05, 3.63) is 28.0 Å². The van der Waals surface area contributed by atoms with E-state index in [2.05, 4.69) is 20.9 Å². The summed E-state index contributed by atoms with van der Waals surface area (Å²) in [5.41, 5.74) is 0. The topological polar surface area (TPSA) is 12.9 Å². The van der Waals surface area contributed by atoms with Crippen LogP contribution in [-0.2, 0) is 0 Å². The average Bonchev–Trinajstić information content (AvgIpc) is 1.77. The highest BCUT2D eigenvalue weighted by Crippen LogP contribution is 2.18. The zero-order valence-corrected chi connectivity index (χ0v) is 7.50. The number of hydrogen-bond donors (Lipinski definition) is 0. The Kier molecular flexibility index (Phi) is 4.19. The molecule has 0 fully saturated rings. The maximum absolute atomic E-state index is 5.62. The highest BCUT2D eigenvalue weighted by molar-refractivity contribution is 9.10. The van der Waals surface area contributed by atoms with Crippen molar-refractivity contribution in [3.63, 3.8) is 0 Å². The molecule has 0 spiro atoms. The van der Waals surface area contributed by atoms with E-state index in [1.54, 1.807) is 18.5 Å². The summed E-state index contributed by atoms with van der Waals surface area (Å²) >= 11 is 8.82. The lowest BCUT2D eigenvalue weighted by atomic mass is 10.5. The first-order chi connectivity index (χ1) is 3.80. The van der Waals surface area contributed by atoms with Gasteiger partial charge in [-0.3, -0.25) is 4.98 Å². The van der Waals surface area contributed by atoms with Crippen molar-refractivity contribution in [3.8, 4) is 0 Å². The molecule has 4 heteroatoms. The van der Waals surface area contributed by atoms with Gasteiger partial charge in [0.1, 0.15) is 0 Å². The maximum Gasteiger partial charge on any atom is 0.0579 e. The Morgan fingerprint density at radius 2 is 2.33 bits per heavy atom. The summed E-state index contributed by atoms with van der Waals surface area (Å²) < 4.78 is 0.835. The van der Waals surface area contributed by atoms with E-state index in [4.69, 9.17) is 11.6 Å². The van der Waals surface area contributed by atoms with Gasteiger partial charge < -0.3 is 0 Å². The van der Waals surface area contributed by atoms with Crippen LogP contribution < -0.4 is 0 Å². The first-order valence-corrected chi connectivity index (χ1v) is 3.23. The summed E-state index contributed by atoms with van der Waals surface area (Å²) in [4.78, 5) is 3.81. The third kappa shape index (κ3) is 2.52. The van der Waals surface area contributed by atoms with Gasteiger partial charge in [-0.2, -0.15) is 0 Å². The van der Waals surface area contributed by atoms with Gasteiger partial charge in [0.15, 0.2) is 0 Å². The SMILES string of the molecule is Cl.Clc1ccncc1Br.[HH]. The van der Waals surface area contributed by atoms with Crippen molar-refractivity contribution >= 4 is 39.9 Å². The number of hydrogen-bond acceptors (Lipinski definition) is 1. The van der Waals surface area contributed by atoms with Gasteiger partial charge in [0.2, 0.25) is 0 Å². The van der Waals surface area contributed by atoms with Gasteiger partial charge in [-0.05, 0) is 22.0 Å². The van der Waals surface area contributed by atoms with E-state index in [1.165, 1.54) is 0 Å². The molecule has 1 nitrogen and oxygen atoms in total. The highest BCUT2D eigenvalue weighted by atomic mass is 79.9. The van der Waals surface area contributed by atoms with Gasteiger partial charge in [0.05, 0.1) is 9.50 Å². The highest BCUT2D eigenvalue weighted by Gasteiger charge is 1.89. The number of rotatable bonds is 0. The van der Waals surface area contributed by atoms with Crippen LogP contribution in [0.1, 0.15) is 1.43 Å². The second-order valence-electron chi connectivity index (χ2n) is 1.29. The molecule has 52 valence electrons. The number of nitrogens with zero attached hydrogens (tertiary/aromatic N) is 1. The fraction of sp³-hybridized carbons (Fsp3) is 0. The van der Waals surface area contributed by atoms with Crippen LogP contribution in [-0.4, -0.2) is 4.98 Å². The molecule has 0 unspecified atom stereocenters. The molecule has 0 atom stereocenters. The minimum atomic E-state index is 0. The molecule has 0 N–H and O–H groups in total. The molecule has 0 aliphatic rings. The van der Waals surface area contributed by atoms with E-state index in [0.29, 0.717) is 5.02 Å². The largest absolute Gasteiger partial charge is 0.263 e. The van der Waals surface area contributed by atoms with Crippen LogP contribution in [0.25, 0.3) is 0 Å². The third-order valence-corrected chi connectivity index (χ3v) is 1.91. The average molecular weight is 231 g/mol. The van der Waals surface area contributed by atoms with Crippen LogP contribution >= 0.6 is 39.9 Å². The van der Waals surface area contributed by atoms with E-state index in [0.717, 1.165) is 4.47 Å². The number of aromatic nitrogens is 1. The molecule has 0 bridgehead atoms. The monoisotopic (exact) mass is 229 g/mol. The second kappa shape index (κ2) is 4.09. The molecule has 0 amide bonds. The van der Waals surface area contributed by atoms with Crippen LogP contribution in [0.15, 0.2) is 22.9 Å². The molecule has 0 saturated carbocycles. The van der Waals surface area contributed by atoms with Crippen molar-refractivity contribution < 1.29 is 1.43 Å². The molecule has 1 rings (SSSR count). The Balaban J connectivity index is 0. The van der Waals surface area contributed by atoms with Crippen molar-refractivity contribution in [1.29, 1.82) is 0 Å². The van der Waals surface area contributed by atoms with Crippen LogP contribution in [0, 0.1) is 0 Å². The predicted octanol–water partition coefficient (Wildman–Crippen LogP) is 3.17. The standard InChI is InChI=1S/C5H3BrClN.ClH.H2/c6-4-3-8-2-1-5(4)7;;/h1-3H;2*1H. The Morgan fingerprint density at radius 3 is 2.67 bits per heavy atom. The van der Waals surface area contributed by atoms with Crippen molar-refractivity contribution in [2.24, 2.45) is 0 Å². The normalized spacial score (nSPS) is 8.22. The summed E-state index contributed by atoms with van der Waals surface area (Å²) in [6.07, 6.45) is 3.30. The van der Waals surface area contributed by atoms with Gasteiger partial charge in [0.25, 0.3) is 0 Å². The fourth-order valence-corrected chi connectivity index (χ4v) is 0.714. The number of halogens is 3. The first kappa shape index (κ1) is 9.21. The fourth-order valence-electron chi connectivity index (χ4n) is 0.358. The van der Waals surface area contributed by atoms with Gasteiger partial charge >= 0.3 is 0 Å². The van der Waals surface area contributed by atoms with Gasteiger partial charge in [0, 0.05) is 13.8 Å². The van der Waals surface area contributed by atoms with E-state index < -0.39 is 0 Å². The summed E-state index contributed by atoms with van der Waals surface area (Å²) in [5.74, 6) is 0. The van der Waals surface area contributed by atoms with Crippen molar-refractivity contribution in [2.45, 2.75) is 0 Å². The predicted molar refractivity (Wildman–Crippen MR) is 46.3 cm³/mol. The van der Waals surface area contributed by atoms with Gasteiger partial charge in [-0.15, -0.1) is 12.4 Å². The van der Waals surface area contributed by atoms with Crippen molar-refractivity contribution in [1.82, 2.24) is 4.98 Å². The maximum atomic E-state index is 5.62. The van der Waals surface area contributed by atoms with Gasteiger partial charge in [-0.25, -0.2) is 0 Å². The third-order valence-electron chi connectivity index (χ3n) is 0.723. The smallest absolute Gasteiger partial charge is 0.0579 e. The second-order valence-corrected chi connectivity index (χ2v) is 2.55. The molecule has 0 saturated heterocycles. The van der Waals surface area contributed by atoms with Crippen LogP contribution in [0.4, 0.5) is 0 Å². The van der Waals surface area contributed by atoms with Crippen LogP contribution in [0.2, 0.25) is 5.02 Å². The van der Waals surface area contributed by atoms with Gasteiger partial charge in [-0.1, -0.05) is 11.6 Å². The Hall–Kier alpha value is 0.210. The van der Waals surface area contributed by atoms with Crippen LogP contribution in [0.5, 0.6) is 0 Å². The molecule has 0 aliphatic carbocycles. The summed E-state index contributed by atoms with van der Waals surface area (Å²) in [7, 11) is 0. The Bertz CT molecular complexity index is 176. The van der Waals surface area contributed by atoms with E-state index in [-0.39, 0.29) is 13.8 Å². The molecule has 1 aromatic rings. The molecule has 0 radical (unpaired) electrons. The van der Waals surface area contributed by atoms with Crippen LogP contribution in [0.3, 0.4) is 0 Å². The molecular formula is C5H6BrCl2N. The Labute approximate surface area is 74.5 Å². The minimum Gasteiger partial charge on any atom is -0.263 e. The van der Waals surface area contributed by atoms with E-state index >= 15 is 0 Å². The summed E-state index contributed by atoms with van der Waals surface area (Å²) in [6.45, 7) is 0. The molecule has 1 heterocycles. The summed E-state index contributed by atoms with van der Waals surface area (Å²) in [5, 5.41) is 0.694.